The minimum absolute atomic E-state index is 0.00763. The van der Waals surface area contributed by atoms with Crippen LogP contribution in [0.3, 0.4) is 0 Å². The number of carbonyl (C=O) groups excluding carboxylic acids is 2. The maximum atomic E-state index is 13.4. The van der Waals surface area contributed by atoms with E-state index in [-0.39, 0.29) is 11.8 Å². The third-order valence-electron chi connectivity index (χ3n) is 6.33. The molecule has 180 valence electrons. The molecule has 0 saturated carbocycles. The van der Waals surface area contributed by atoms with Crippen molar-refractivity contribution >= 4 is 17.5 Å². The summed E-state index contributed by atoms with van der Waals surface area (Å²) in [6.45, 7) is 5.25. The van der Waals surface area contributed by atoms with Gasteiger partial charge >= 0.3 is 0 Å². The third kappa shape index (κ3) is 5.00. The fourth-order valence-corrected chi connectivity index (χ4v) is 4.61. The van der Waals surface area contributed by atoms with Gasteiger partial charge in [-0.15, -0.1) is 0 Å². The van der Waals surface area contributed by atoms with Crippen molar-refractivity contribution in [2.45, 2.75) is 19.9 Å². The number of benzene rings is 3. The summed E-state index contributed by atoms with van der Waals surface area (Å²) in [6, 6.07) is 19.9. The lowest BCUT2D eigenvalue weighted by Gasteiger charge is -2.20. The Balaban J connectivity index is 1.28. The molecule has 0 fully saturated rings. The predicted octanol–water partition coefficient (Wildman–Crippen LogP) is 3.55. The molecule has 2 heterocycles. The third-order valence-corrected chi connectivity index (χ3v) is 6.33. The minimum Gasteiger partial charge on any atom is -0.486 e. The van der Waals surface area contributed by atoms with Crippen LogP contribution in [0.25, 0.3) is 11.1 Å². The van der Waals surface area contributed by atoms with E-state index >= 15 is 0 Å². The van der Waals surface area contributed by atoms with Crippen molar-refractivity contribution in [3.8, 4) is 22.6 Å². The molecule has 0 unspecified atom stereocenters. The zero-order valence-electron chi connectivity index (χ0n) is 19.8. The van der Waals surface area contributed by atoms with Crippen LogP contribution in [0.2, 0.25) is 0 Å². The SMILES string of the molecule is CC(=O)NCCNCc1ccc(C(=O)N2CCc3c(-c4ccc5c(c4)OCCO5)cccc32)cc1. The molecule has 3 aromatic rings. The highest BCUT2D eigenvalue weighted by Gasteiger charge is 2.28. The van der Waals surface area contributed by atoms with Crippen molar-refractivity contribution in [1.82, 2.24) is 10.6 Å². The topological polar surface area (TPSA) is 79.9 Å². The van der Waals surface area contributed by atoms with Crippen LogP contribution in [0.5, 0.6) is 11.5 Å². The van der Waals surface area contributed by atoms with Gasteiger partial charge < -0.3 is 25.0 Å². The largest absolute Gasteiger partial charge is 0.486 e. The molecule has 0 bridgehead atoms. The normalized spacial score (nSPS) is 13.9. The Morgan fingerprint density at radius 2 is 1.74 bits per heavy atom. The van der Waals surface area contributed by atoms with Crippen LogP contribution in [-0.4, -0.2) is 44.7 Å². The van der Waals surface area contributed by atoms with Crippen LogP contribution >= 0.6 is 0 Å². The lowest BCUT2D eigenvalue weighted by Crippen LogP contribution is -2.30. The standard InChI is InChI=1S/C28H29N3O4/c1-19(32)30-13-12-29-18-20-5-7-21(8-6-20)28(33)31-14-11-24-23(3-2-4-25(24)31)22-9-10-26-27(17-22)35-16-15-34-26/h2-10,17,29H,11-16,18H2,1H3,(H,30,32). The zero-order chi connectivity index (χ0) is 24.2. The van der Waals surface area contributed by atoms with E-state index in [1.807, 2.05) is 53.4 Å². The van der Waals surface area contributed by atoms with Gasteiger partial charge in [-0.2, -0.15) is 0 Å². The second-order valence-electron chi connectivity index (χ2n) is 8.73. The molecule has 0 aliphatic carbocycles. The fourth-order valence-electron chi connectivity index (χ4n) is 4.61. The van der Waals surface area contributed by atoms with Crippen LogP contribution in [0, 0.1) is 0 Å². The van der Waals surface area contributed by atoms with E-state index < -0.39 is 0 Å². The Bertz CT molecular complexity index is 1240. The Labute approximate surface area is 205 Å². The maximum Gasteiger partial charge on any atom is 0.258 e. The molecule has 2 N–H and O–H groups in total. The van der Waals surface area contributed by atoms with Crippen molar-refractivity contribution in [3.05, 3.63) is 77.4 Å². The Morgan fingerprint density at radius 3 is 2.54 bits per heavy atom. The first kappa shape index (κ1) is 22.9. The van der Waals surface area contributed by atoms with Gasteiger partial charge in [-0.05, 0) is 59.0 Å². The Kier molecular flexibility index (Phi) is 6.68. The van der Waals surface area contributed by atoms with Gasteiger partial charge in [0.1, 0.15) is 13.2 Å². The van der Waals surface area contributed by atoms with Crippen LogP contribution < -0.4 is 25.0 Å². The Hall–Kier alpha value is -3.84. The smallest absolute Gasteiger partial charge is 0.258 e. The summed E-state index contributed by atoms with van der Waals surface area (Å²) < 4.78 is 11.4. The number of nitrogens with zero attached hydrogens (tertiary/aromatic N) is 1. The van der Waals surface area contributed by atoms with E-state index in [0.717, 1.165) is 40.3 Å². The fraction of sp³-hybridized carbons (Fsp3) is 0.286. The molecule has 35 heavy (non-hydrogen) atoms. The van der Waals surface area contributed by atoms with Crippen molar-refractivity contribution in [1.29, 1.82) is 0 Å². The molecule has 0 aromatic heterocycles. The summed E-state index contributed by atoms with van der Waals surface area (Å²) in [5.74, 6) is 1.52. The molecular formula is C28H29N3O4. The summed E-state index contributed by atoms with van der Waals surface area (Å²) in [5.41, 5.74) is 6.09. The van der Waals surface area contributed by atoms with Crippen molar-refractivity contribution in [3.63, 3.8) is 0 Å². The van der Waals surface area contributed by atoms with Gasteiger partial charge in [-0.1, -0.05) is 30.3 Å². The molecule has 2 aliphatic rings. The van der Waals surface area contributed by atoms with Gasteiger partial charge in [0, 0.05) is 44.4 Å². The molecule has 0 atom stereocenters. The highest BCUT2D eigenvalue weighted by atomic mass is 16.6. The molecule has 0 spiro atoms. The molecular weight excluding hydrogens is 442 g/mol. The second kappa shape index (κ2) is 10.2. The minimum atomic E-state index is -0.0310. The predicted molar refractivity (Wildman–Crippen MR) is 135 cm³/mol. The van der Waals surface area contributed by atoms with Gasteiger partial charge in [0.2, 0.25) is 5.91 Å². The van der Waals surface area contributed by atoms with Gasteiger partial charge in [-0.25, -0.2) is 0 Å². The summed E-state index contributed by atoms with van der Waals surface area (Å²) in [6.07, 6.45) is 0.808. The Morgan fingerprint density at radius 1 is 0.943 bits per heavy atom. The molecule has 0 radical (unpaired) electrons. The molecule has 2 amide bonds. The number of amides is 2. The molecule has 7 nitrogen and oxygen atoms in total. The van der Waals surface area contributed by atoms with Gasteiger partial charge in [0.05, 0.1) is 0 Å². The van der Waals surface area contributed by atoms with E-state index in [2.05, 4.69) is 22.8 Å². The number of rotatable bonds is 7. The lowest BCUT2D eigenvalue weighted by molar-refractivity contribution is -0.118. The highest BCUT2D eigenvalue weighted by Crippen LogP contribution is 2.40. The summed E-state index contributed by atoms with van der Waals surface area (Å²) in [4.78, 5) is 26.2. The van der Waals surface area contributed by atoms with Crippen LogP contribution in [0.15, 0.2) is 60.7 Å². The lowest BCUT2D eigenvalue weighted by atomic mass is 9.97. The quantitative estimate of drug-likeness (QED) is 0.515. The number of carbonyl (C=O) groups is 2. The average Bonchev–Trinajstić information content (AvgIpc) is 3.32. The molecule has 7 heteroatoms. The van der Waals surface area contributed by atoms with Crippen LogP contribution in [0.1, 0.15) is 28.4 Å². The summed E-state index contributed by atoms with van der Waals surface area (Å²) in [5, 5.41) is 6.05. The van der Waals surface area contributed by atoms with Crippen LogP contribution in [-0.2, 0) is 17.8 Å². The second-order valence-corrected chi connectivity index (χ2v) is 8.73. The molecule has 0 saturated heterocycles. The van der Waals surface area contributed by atoms with Crippen molar-refractivity contribution < 1.29 is 19.1 Å². The van der Waals surface area contributed by atoms with Crippen molar-refractivity contribution in [2.75, 3.05) is 37.7 Å². The number of fused-ring (bicyclic) bond motifs is 2. The number of hydrogen-bond acceptors (Lipinski definition) is 5. The molecule has 3 aromatic carbocycles. The van der Waals surface area contributed by atoms with E-state index in [0.29, 0.717) is 45.0 Å². The van der Waals surface area contributed by atoms with E-state index in [4.69, 9.17) is 9.47 Å². The van der Waals surface area contributed by atoms with Gasteiger partial charge in [0.15, 0.2) is 11.5 Å². The average molecular weight is 472 g/mol. The number of ether oxygens (including phenoxy) is 2. The van der Waals surface area contributed by atoms with E-state index in [1.165, 1.54) is 12.5 Å². The maximum absolute atomic E-state index is 13.4. The molecule has 2 aliphatic heterocycles. The number of hydrogen-bond donors (Lipinski definition) is 2. The monoisotopic (exact) mass is 471 g/mol. The first-order chi connectivity index (χ1) is 17.1. The first-order valence-corrected chi connectivity index (χ1v) is 12.0. The molecule has 5 rings (SSSR count). The first-order valence-electron chi connectivity index (χ1n) is 12.0. The number of anilines is 1. The van der Waals surface area contributed by atoms with Crippen LogP contribution in [0.4, 0.5) is 5.69 Å². The number of nitrogens with one attached hydrogen (secondary N) is 2. The van der Waals surface area contributed by atoms with Gasteiger partial charge in [-0.3, -0.25) is 9.59 Å². The van der Waals surface area contributed by atoms with E-state index in [9.17, 15) is 9.59 Å². The zero-order valence-corrected chi connectivity index (χ0v) is 19.8. The highest BCUT2D eigenvalue weighted by molar-refractivity contribution is 6.08. The summed E-state index contributed by atoms with van der Waals surface area (Å²) >= 11 is 0. The van der Waals surface area contributed by atoms with Crippen molar-refractivity contribution in [2.24, 2.45) is 0 Å². The van der Waals surface area contributed by atoms with E-state index in [1.54, 1.807) is 0 Å². The van der Waals surface area contributed by atoms with Gasteiger partial charge in [0.25, 0.3) is 5.91 Å². The summed E-state index contributed by atoms with van der Waals surface area (Å²) in [7, 11) is 0.